The van der Waals surface area contributed by atoms with E-state index in [-0.39, 0.29) is 0 Å². The van der Waals surface area contributed by atoms with Gasteiger partial charge in [0.2, 0.25) is 0 Å². The largest absolute Gasteiger partial charge is 0.383 e. The van der Waals surface area contributed by atoms with Crippen molar-refractivity contribution < 1.29 is 4.74 Å². The number of nitrogens with zero attached hydrogens (tertiary/aromatic N) is 3. The average Bonchev–Trinajstić information content (AvgIpc) is 3.10. The summed E-state index contributed by atoms with van der Waals surface area (Å²) in [5.74, 6) is 3.73. The Hall–Kier alpha value is -0.160. The van der Waals surface area contributed by atoms with Crippen LogP contribution in [0, 0.1) is 23.7 Å². The van der Waals surface area contributed by atoms with Crippen LogP contribution < -0.4 is 0 Å². The molecule has 0 N–H and O–H groups in total. The minimum absolute atomic E-state index is 0.814. The zero-order valence-corrected chi connectivity index (χ0v) is 17.7. The third-order valence-corrected chi connectivity index (χ3v) is 7.07. The molecule has 0 saturated carbocycles. The van der Waals surface area contributed by atoms with Crippen LogP contribution in [0.4, 0.5) is 0 Å². The zero-order valence-electron chi connectivity index (χ0n) is 17.7. The number of hydrogen-bond acceptors (Lipinski definition) is 4. The maximum absolute atomic E-state index is 5.22. The molecule has 3 aliphatic rings. The molecular weight excluding hydrogens is 322 g/mol. The molecule has 3 heterocycles. The van der Waals surface area contributed by atoms with Gasteiger partial charge in [-0.05, 0) is 88.5 Å². The molecule has 4 nitrogen and oxygen atoms in total. The van der Waals surface area contributed by atoms with Crippen molar-refractivity contribution in [1.29, 1.82) is 0 Å². The van der Waals surface area contributed by atoms with Crippen molar-refractivity contribution in [3.8, 4) is 0 Å². The average molecular weight is 366 g/mol. The van der Waals surface area contributed by atoms with Gasteiger partial charge < -0.3 is 19.4 Å². The monoisotopic (exact) mass is 365 g/mol. The minimum atomic E-state index is 0.814. The van der Waals surface area contributed by atoms with Crippen LogP contribution >= 0.6 is 0 Å². The van der Waals surface area contributed by atoms with Gasteiger partial charge in [-0.2, -0.15) is 0 Å². The summed E-state index contributed by atoms with van der Waals surface area (Å²) in [5, 5.41) is 0. The second-order valence-corrected chi connectivity index (χ2v) is 9.62. The normalized spacial score (nSPS) is 28.4. The van der Waals surface area contributed by atoms with E-state index in [9.17, 15) is 0 Å². The van der Waals surface area contributed by atoms with Crippen molar-refractivity contribution in [1.82, 2.24) is 14.7 Å². The molecule has 0 radical (unpaired) electrons. The van der Waals surface area contributed by atoms with Crippen molar-refractivity contribution >= 4 is 0 Å². The number of ether oxygens (including phenoxy) is 1. The predicted octanol–water partition coefficient (Wildman–Crippen LogP) is 3.03. The Morgan fingerprint density at radius 1 is 0.808 bits per heavy atom. The predicted molar refractivity (Wildman–Crippen MR) is 110 cm³/mol. The lowest BCUT2D eigenvalue weighted by molar-refractivity contribution is 0.107. The summed E-state index contributed by atoms with van der Waals surface area (Å²) in [5.41, 5.74) is 0. The van der Waals surface area contributed by atoms with Crippen LogP contribution in [0.5, 0.6) is 0 Å². The molecule has 3 rings (SSSR count). The first-order chi connectivity index (χ1) is 12.6. The van der Waals surface area contributed by atoms with E-state index in [2.05, 4.69) is 28.5 Å². The van der Waals surface area contributed by atoms with E-state index in [1.165, 1.54) is 84.5 Å². The molecule has 1 unspecified atom stereocenters. The van der Waals surface area contributed by atoms with Gasteiger partial charge in [-0.15, -0.1) is 0 Å². The maximum atomic E-state index is 5.22. The van der Waals surface area contributed by atoms with Gasteiger partial charge in [0, 0.05) is 33.3 Å². The van der Waals surface area contributed by atoms with Crippen molar-refractivity contribution in [2.45, 2.75) is 46.0 Å². The minimum Gasteiger partial charge on any atom is -0.383 e. The summed E-state index contributed by atoms with van der Waals surface area (Å²) in [6.45, 7) is 17.4. The number of rotatable bonds is 8. The number of likely N-dealkylation sites (tertiary alicyclic amines) is 3. The quantitative estimate of drug-likeness (QED) is 0.658. The molecule has 0 aromatic heterocycles. The fraction of sp³-hybridized carbons (Fsp3) is 1.00. The van der Waals surface area contributed by atoms with Gasteiger partial charge in [0.1, 0.15) is 0 Å². The van der Waals surface area contributed by atoms with E-state index in [4.69, 9.17) is 4.74 Å². The molecule has 0 amide bonds. The van der Waals surface area contributed by atoms with Gasteiger partial charge in [-0.3, -0.25) is 0 Å². The molecule has 0 spiro atoms. The smallest absolute Gasteiger partial charge is 0.0589 e. The van der Waals surface area contributed by atoms with E-state index >= 15 is 0 Å². The Bertz CT molecular complexity index is 387. The van der Waals surface area contributed by atoms with Crippen LogP contribution in [-0.2, 0) is 4.74 Å². The van der Waals surface area contributed by atoms with Gasteiger partial charge in [-0.25, -0.2) is 0 Å². The molecule has 0 aliphatic carbocycles. The van der Waals surface area contributed by atoms with E-state index in [1.54, 1.807) is 0 Å². The van der Waals surface area contributed by atoms with Gasteiger partial charge in [0.15, 0.2) is 0 Å². The standard InChI is InChI=1S/C22H43N3O/c1-19(2)16-24-11-6-21(7-12-24)22-8-13-25(18-22)17-20-4-9-23(10-5-20)14-15-26-3/h19-22H,4-18H2,1-3H3. The Kier molecular flexibility index (Phi) is 8.23. The fourth-order valence-electron chi connectivity index (χ4n) is 5.51. The first kappa shape index (κ1) is 20.6. The molecule has 3 aliphatic heterocycles. The summed E-state index contributed by atoms with van der Waals surface area (Å²) < 4.78 is 5.22. The molecule has 3 fully saturated rings. The molecule has 4 heteroatoms. The summed E-state index contributed by atoms with van der Waals surface area (Å²) in [6.07, 6.45) is 7.13. The summed E-state index contributed by atoms with van der Waals surface area (Å²) in [4.78, 5) is 8.09. The van der Waals surface area contributed by atoms with Crippen LogP contribution in [0.25, 0.3) is 0 Å². The van der Waals surface area contributed by atoms with Crippen molar-refractivity contribution in [2.24, 2.45) is 23.7 Å². The number of piperidine rings is 2. The molecule has 152 valence electrons. The molecule has 0 bridgehead atoms. The van der Waals surface area contributed by atoms with Gasteiger partial charge in [0.25, 0.3) is 0 Å². The van der Waals surface area contributed by atoms with Crippen LogP contribution in [0.15, 0.2) is 0 Å². The summed E-state index contributed by atoms with van der Waals surface area (Å²) in [7, 11) is 1.81. The maximum Gasteiger partial charge on any atom is 0.0589 e. The Balaban J connectivity index is 1.32. The molecule has 0 aromatic rings. The van der Waals surface area contributed by atoms with Gasteiger partial charge in [-0.1, -0.05) is 13.8 Å². The highest BCUT2D eigenvalue weighted by Crippen LogP contribution is 2.33. The van der Waals surface area contributed by atoms with E-state index in [1.807, 2.05) is 7.11 Å². The first-order valence-corrected chi connectivity index (χ1v) is 11.3. The van der Waals surface area contributed by atoms with Crippen LogP contribution in [-0.4, -0.2) is 87.3 Å². The van der Waals surface area contributed by atoms with Crippen LogP contribution in [0.2, 0.25) is 0 Å². The zero-order chi connectivity index (χ0) is 18.4. The Labute approximate surface area is 162 Å². The highest BCUT2D eigenvalue weighted by atomic mass is 16.5. The SMILES string of the molecule is COCCN1CCC(CN2CCC(C3CCN(CC(C)C)CC3)C2)CC1. The molecule has 3 saturated heterocycles. The molecule has 0 aromatic carbocycles. The van der Waals surface area contributed by atoms with E-state index in [0.717, 1.165) is 36.8 Å². The lowest BCUT2D eigenvalue weighted by Gasteiger charge is -2.36. The highest BCUT2D eigenvalue weighted by Gasteiger charge is 2.33. The van der Waals surface area contributed by atoms with E-state index in [0.29, 0.717) is 0 Å². The third-order valence-electron chi connectivity index (χ3n) is 7.07. The fourth-order valence-corrected chi connectivity index (χ4v) is 5.51. The lowest BCUT2D eigenvalue weighted by Crippen LogP contribution is -2.40. The Morgan fingerprint density at radius 2 is 1.42 bits per heavy atom. The third kappa shape index (κ3) is 6.19. The van der Waals surface area contributed by atoms with Crippen molar-refractivity contribution in [3.63, 3.8) is 0 Å². The second kappa shape index (κ2) is 10.4. The van der Waals surface area contributed by atoms with Crippen molar-refractivity contribution in [3.05, 3.63) is 0 Å². The lowest BCUT2D eigenvalue weighted by atomic mass is 9.83. The van der Waals surface area contributed by atoms with Gasteiger partial charge >= 0.3 is 0 Å². The van der Waals surface area contributed by atoms with E-state index < -0.39 is 0 Å². The van der Waals surface area contributed by atoms with Crippen LogP contribution in [0.3, 0.4) is 0 Å². The van der Waals surface area contributed by atoms with Crippen LogP contribution in [0.1, 0.15) is 46.0 Å². The summed E-state index contributed by atoms with van der Waals surface area (Å²) >= 11 is 0. The molecule has 26 heavy (non-hydrogen) atoms. The highest BCUT2D eigenvalue weighted by molar-refractivity contribution is 4.86. The Morgan fingerprint density at radius 3 is 2.08 bits per heavy atom. The topological polar surface area (TPSA) is 19.0 Å². The van der Waals surface area contributed by atoms with Gasteiger partial charge in [0.05, 0.1) is 6.61 Å². The number of hydrogen-bond donors (Lipinski definition) is 0. The van der Waals surface area contributed by atoms with Crippen molar-refractivity contribution in [2.75, 3.05) is 72.6 Å². The molecule has 1 atom stereocenters. The number of methoxy groups -OCH3 is 1. The summed E-state index contributed by atoms with van der Waals surface area (Å²) in [6, 6.07) is 0. The first-order valence-electron chi connectivity index (χ1n) is 11.3. The second-order valence-electron chi connectivity index (χ2n) is 9.62. The molecular formula is C22H43N3O.